The molecule has 0 fully saturated rings. The van der Waals surface area contributed by atoms with Crippen LogP contribution in [0.4, 0.5) is 51.2 Å². The minimum absolute atomic E-state index is 0.736. The maximum Gasteiger partial charge on any atom is 0.160 e. The van der Waals surface area contributed by atoms with Crippen molar-refractivity contribution in [1.29, 1.82) is 0 Å². The first-order valence-electron chi connectivity index (χ1n) is 43.2. The highest BCUT2D eigenvalue weighted by atomic mass is 79.9. The lowest BCUT2D eigenvalue weighted by Gasteiger charge is -2.27. The Morgan fingerprint density at radius 3 is 0.667 bits per heavy atom. The zero-order valence-electron chi connectivity index (χ0n) is 69.6. The maximum atomic E-state index is 7.03. The van der Waals surface area contributed by atoms with Crippen LogP contribution in [-0.2, 0) is 0 Å². The van der Waals surface area contributed by atoms with Crippen molar-refractivity contribution in [2.75, 3.05) is 14.7 Å². The fraction of sp³-hybridized carbons (Fsp3) is 0. The Balaban J connectivity index is 0.000000143. The highest BCUT2D eigenvalue weighted by molar-refractivity contribution is 9.10. The second kappa shape index (κ2) is 33.3. The quantitative estimate of drug-likeness (QED) is 0.115. The van der Waals surface area contributed by atoms with Crippen molar-refractivity contribution < 1.29 is 13.3 Å². The fourth-order valence-electron chi connectivity index (χ4n) is 18.8. The molecule has 25 rings (SSSR count). The van der Waals surface area contributed by atoms with Gasteiger partial charge in [0, 0.05) is 81.0 Å². The second-order valence-corrected chi connectivity index (χ2v) is 34.3. The van der Waals surface area contributed by atoms with E-state index in [-0.39, 0.29) is 0 Å². The van der Waals surface area contributed by atoms with Gasteiger partial charge in [0.1, 0.15) is 16.7 Å². The third kappa shape index (κ3) is 14.5. The number of fused-ring (bicyclic) bond motifs is 21. The topological polar surface area (TPSA) is 49.1 Å². The van der Waals surface area contributed by atoms with E-state index in [0.717, 1.165) is 170 Å². The van der Waals surface area contributed by atoms with Gasteiger partial charge in [0.05, 0.1) is 17.1 Å². The monoisotopic (exact) mass is 1760 g/mol. The van der Waals surface area contributed by atoms with Crippen molar-refractivity contribution in [3.63, 3.8) is 0 Å². The Morgan fingerprint density at radius 1 is 0.178 bits per heavy atom. The highest BCUT2D eigenvalue weighted by Crippen LogP contribution is 2.53. The largest absolute Gasteiger partial charge is 0.454 e. The lowest BCUT2D eigenvalue weighted by molar-refractivity contribution is 0.669. The molecule has 0 atom stereocenters. The number of para-hydroxylation sites is 2. The number of furan rings is 3. The Labute approximate surface area is 762 Å². The number of halogens is 3. The smallest absolute Gasteiger partial charge is 0.160 e. The van der Waals surface area contributed by atoms with Crippen molar-refractivity contribution in [3.05, 3.63) is 476 Å². The van der Waals surface area contributed by atoms with Crippen molar-refractivity contribution in [1.82, 2.24) is 0 Å². The second-order valence-electron chi connectivity index (χ2n) is 32.5. The predicted molar refractivity (Wildman–Crippen MR) is 550 cm³/mol. The Kier molecular flexibility index (Phi) is 20.1. The van der Waals surface area contributed by atoms with Crippen LogP contribution in [0.15, 0.2) is 479 Å². The van der Waals surface area contributed by atoms with Crippen LogP contribution in [0, 0.1) is 0 Å². The van der Waals surface area contributed by atoms with Crippen LogP contribution in [0.3, 0.4) is 0 Å². The maximum absolute atomic E-state index is 7.03. The van der Waals surface area contributed by atoms with Crippen LogP contribution in [0.1, 0.15) is 0 Å². The summed E-state index contributed by atoms with van der Waals surface area (Å²) in [6.45, 7) is 0. The van der Waals surface area contributed by atoms with E-state index >= 15 is 0 Å². The molecular weight excluding hydrogens is 1680 g/mol. The summed E-state index contributed by atoms with van der Waals surface area (Å²) in [6.07, 6.45) is 0. The Morgan fingerprint density at radius 2 is 0.388 bits per heavy atom. The van der Waals surface area contributed by atoms with E-state index in [1.807, 2.05) is 48.5 Å². The molecule has 0 spiro atoms. The van der Waals surface area contributed by atoms with Gasteiger partial charge in [-0.15, -0.1) is 0 Å². The summed E-state index contributed by atoms with van der Waals surface area (Å²) >= 11 is 15.4. The molecule has 0 saturated heterocycles. The third-order valence-electron chi connectivity index (χ3n) is 24.9. The first-order chi connectivity index (χ1) is 63.7. The first-order valence-corrected chi connectivity index (χ1v) is 44.8. The normalized spacial score (nSPS) is 11.5. The molecule has 22 aromatic carbocycles. The summed E-state index contributed by atoms with van der Waals surface area (Å²) in [4.78, 5) is 6.98. The minimum Gasteiger partial charge on any atom is -0.454 e. The molecule has 9 heteroatoms. The molecule has 25 aromatic rings. The van der Waals surface area contributed by atoms with E-state index in [1.54, 1.807) is 0 Å². The summed E-state index contributed by atoms with van der Waals surface area (Å²) in [5.74, 6) is 0. The van der Waals surface area contributed by atoms with Gasteiger partial charge in [-0.1, -0.05) is 355 Å². The number of benzene rings is 22. The summed E-state index contributed by atoms with van der Waals surface area (Å²) in [5.41, 5.74) is 23.7. The molecule has 3 aromatic heterocycles. The van der Waals surface area contributed by atoms with Crippen molar-refractivity contribution in [2.45, 2.75) is 0 Å². The van der Waals surface area contributed by atoms with Crippen LogP contribution in [0.2, 0.25) is 10.0 Å². The number of hydrogen-bond donors (Lipinski definition) is 0. The van der Waals surface area contributed by atoms with Gasteiger partial charge in [0.25, 0.3) is 0 Å². The number of hydrogen-bond acceptors (Lipinski definition) is 6. The van der Waals surface area contributed by atoms with E-state index in [4.69, 9.17) is 36.5 Å². The van der Waals surface area contributed by atoms with Crippen molar-refractivity contribution in [2.24, 2.45) is 0 Å². The number of rotatable bonds is 13. The Bertz CT molecular complexity index is 8500. The lowest BCUT2D eigenvalue weighted by atomic mass is 9.98. The van der Waals surface area contributed by atoms with Gasteiger partial charge < -0.3 is 28.0 Å². The molecule has 0 saturated carbocycles. The van der Waals surface area contributed by atoms with E-state index in [2.05, 4.69) is 443 Å². The minimum atomic E-state index is 0.736. The molecule has 0 bridgehead atoms. The summed E-state index contributed by atoms with van der Waals surface area (Å²) in [7, 11) is 0. The summed E-state index contributed by atoms with van der Waals surface area (Å²) in [5, 5.41) is 22.5. The number of nitrogens with zero attached hydrogens (tertiary/aromatic N) is 3. The SMILES string of the molecule is Clc1ccc(-c2ccc(Br)cc2)cc1.Clc1ccc(-c2ccc(N(c3ccccc3)c3cc4ccccc4c4c3oc3ccc5ccccc5c34)cc2)cc1.c1ccc(-c2ccc(N(c3ccc(-c4ccc(N(c5ccccc5)c5cc6ccccc6c6c5oc5ccc7ccccc7c56)cc4)cc3)c3cc4ccccc4c4c3oc3ccc5ccccc5c34)cc2)cc1. The van der Waals surface area contributed by atoms with Crippen LogP contribution in [0.5, 0.6) is 0 Å². The molecule has 0 aliphatic heterocycles. The van der Waals surface area contributed by atoms with E-state index in [1.165, 1.54) is 70.6 Å². The molecule has 0 amide bonds. The zero-order valence-corrected chi connectivity index (χ0v) is 72.7. The van der Waals surface area contributed by atoms with Gasteiger partial charge in [-0.2, -0.15) is 0 Å². The predicted octanol–water partition coefficient (Wildman–Crippen LogP) is 36.8. The van der Waals surface area contributed by atoms with E-state index < -0.39 is 0 Å². The summed E-state index contributed by atoms with van der Waals surface area (Å²) in [6, 6.07) is 162. The van der Waals surface area contributed by atoms with Gasteiger partial charge in [-0.25, -0.2) is 0 Å². The van der Waals surface area contributed by atoms with E-state index in [9.17, 15) is 0 Å². The van der Waals surface area contributed by atoms with Crippen LogP contribution >= 0.6 is 39.1 Å². The molecule has 129 heavy (non-hydrogen) atoms. The van der Waals surface area contributed by atoms with Gasteiger partial charge in [-0.3, -0.25) is 0 Å². The van der Waals surface area contributed by atoms with Gasteiger partial charge in [0.15, 0.2) is 16.7 Å². The van der Waals surface area contributed by atoms with Crippen LogP contribution < -0.4 is 14.7 Å². The number of anilines is 9. The van der Waals surface area contributed by atoms with Crippen LogP contribution in [0.25, 0.3) is 175 Å². The van der Waals surface area contributed by atoms with Crippen LogP contribution in [-0.4, -0.2) is 0 Å². The molecule has 0 aliphatic rings. The third-order valence-corrected chi connectivity index (χ3v) is 25.9. The molecule has 0 aliphatic carbocycles. The molecule has 0 radical (unpaired) electrons. The molecule has 610 valence electrons. The highest BCUT2D eigenvalue weighted by Gasteiger charge is 2.28. The van der Waals surface area contributed by atoms with E-state index in [0.29, 0.717) is 0 Å². The average molecular weight is 1760 g/mol. The van der Waals surface area contributed by atoms with Gasteiger partial charge in [0.2, 0.25) is 0 Å². The summed E-state index contributed by atoms with van der Waals surface area (Å²) < 4.78 is 21.9. The fourth-order valence-corrected chi connectivity index (χ4v) is 19.3. The Hall–Kier alpha value is -15.7. The molecule has 0 unspecified atom stereocenters. The zero-order chi connectivity index (χ0) is 86.0. The standard InChI is InChI=1S/C70H44N2O2.C38H24ClNO.C12H8BrCl/c1-3-15-45(16-4-1)46-27-35-55(36-28-46)72(62-44-52-20-10-14-26-60(52)68-66-58-24-12-8-18-50(58)34-42-64(66)74-70(62)68)56-39-31-48(32-40-56)47-29-37-54(38-30-47)71(53-21-5-2-6-22-53)61-43-51-19-9-13-25-59(51)67-65-57-23-11-7-17-49(57)33-41-63(65)73-69(61)67;39-29-19-14-25(15-20-29)26-16-21-31(22-17-26)40(30-10-2-1-3-11-30)34-24-28-9-5-7-13-33(28)37-36-32-12-6-4-8-27(32)18-23-35(36)41-38(34)37;13-11-5-1-9(2-6-11)10-3-7-12(14)8-4-10/h1-44H;1-24H;1-8H. The van der Waals surface area contributed by atoms with Crippen molar-refractivity contribution in [3.8, 4) is 44.5 Å². The van der Waals surface area contributed by atoms with Gasteiger partial charge >= 0.3 is 0 Å². The lowest BCUT2D eigenvalue weighted by Crippen LogP contribution is -2.10. The molecule has 3 heterocycles. The van der Waals surface area contributed by atoms with Gasteiger partial charge in [-0.05, 0) is 255 Å². The molecule has 0 N–H and O–H groups in total. The molecular formula is C120H76BrCl2N3O3. The van der Waals surface area contributed by atoms with Crippen molar-refractivity contribution >= 4 is 221 Å². The molecule has 6 nitrogen and oxygen atoms in total. The first kappa shape index (κ1) is 78.0. The average Bonchev–Trinajstić information content (AvgIpc) is 1.58.